The number of rotatable bonds is 9. The first-order valence-electron chi connectivity index (χ1n) is 9.82. The lowest BCUT2D eigenvalue weighted by molar-refractivity contribution is 0.293. The highest BCUT2D eigenvalue weighted by molar-refractivity contribution is 5.45. The average Bonchev–Trinajstić information content (AvgIpc) is 2.68. The first-order valence-corrected chi connectivity index (χ1v) is 9.82. The van der Waals surface area contributed by atoms with Crippen molar-refractivity contribution in [3.63, 3.8) is 0 Å². The van der Waals surface area contributed by atoms with Crippen LogP contribution in [0, 0.1) is 17.2 Å². The molecule has 2 rings (SSSR count). The van der Waals surface area contributed by atoms with Crippen LogP contribution in [0.2, 0.25) is 0 Å². The van der Waals surface area contributed by atoms with Crippen LogP contribution in [0.3, 0.4) is 0 Å². The molecule has 0 aliphatic carbocycles. The Labute approximate surface area is 172 Å². The zero-order valence-corrected chi connectivity index (χ0v) is 17.3. The van der Waals surface area contributed by atoms with Gasteiger partial charge in [-0.15, -0.1) is 0 Å². The third-order valence-electron chi connectivity index (χ3n) is 5.61. The molecule has 0 fully saturated rings. The third-order valence-corrected chi connectivity index (χ3v) is 5.61. The molecule has 2 aromatic rings. The van der Waals surface area contributed by atoms with Crippen molar-refractivity contribution in [3.8, 4) is 29.1 Å². The summed E-state index contributed by atoms with van der Waals surface area (Å²) in [5.41, 5.74) is 0.919. The van der Waals surface area contributed by atoms with Crippen LogP contribution in [0.4, 0.5) is 0 Å². The van der Waals surface area contributed by atoms with Gasteiger partial charge in [-0.25, -0.2) is 0 Å². The zero-order chi connectivity index (χ0) is 21.6. The van der Waals surface area contributed by atoms with Gasteiger partial charge in [-0.05, 0) is 74.2 Å². The summed E-state index contributed by atoms with van der Waals surface area (Å²) >= 11 is 0. The van der Waals surface area contributed by atoms with E-state index in [0.29, 0.717) is 12.0 Å². The summed E-state index contributed by atoms with van der Waals surface area (Å²) in [7, 11) is 2.01. The molecule has 6 nitrogen and oxygen atoms in total. The quantitative estimate of drug-likeness (QED) is 0.478. The van der Waals surface area contributed by atoms with E-state index in [1.165, 1.54) is 18.2 Å². The van der Waals surface area contributed by atoms with Gasteiger partial charge in [0.05, 0.1) is 11.5 Å². The minimum Gasteiger partial charge on any atom is -0.504 e. The van der Waals surface area contributed by atoms with Gasteiger partial charge in [-0.2, -0.15) is 5.26 Å². The standard InChI is InChI=1S/C23H30N2O4/c1-16(2)23(15-24,18-6-8-20(27)22(29)14-18)10-4-11-25(3)12-9-17-5-7-19(26)21(28)13-17/h5-8,13-14,16,26-29H,4,9-12H2,1-3H3. The molecule has 0 aromatic heterocycles. The van der Waals surface area contributed by atoms with E-state index in [1.54, 1.807) is 18.2 Å². The fourth-order valence-electron chi connectivity index (χ4n) is 3.60. The maximum absolute atomic E-state index is 9.97. The monoisotopic (exact) mass is 398 g/mol. The molecular weight excluding hydrogens is 368 g/mol. The molecular formula is C23H30N2O4. The van der Waals surface area contributed by atoms with E-state index in [-0.39, 0.29) is 28.9 Å². The number of nitriles is 1. The van der Waals surface area contributed by atoms with Crippen LogP contribution < -0.4 is 0 Å². The fourth-order valence-corrected chi connectivity index (χ4v) is 3.60. The largest absolute Gasteiger partial charge is 0.504 e. The van der Waals surface area contributed by atoms with Gasteiger partial charge in [0.2, 0.25) is 0 Å². The molecule has 0 saturated heterocycles. The number of hydrogen-bond donors (Lipinski definition) is 4. The van der Waals surface area contributed by atoms with Crippen molar-refractivity contribution in [2.45, 2.75) is 38.5 Å². The highest BCUT2D eigenvalue weighted by atomic mass is 16.3. The lowest BCUT2D eigenvalue weighted by Gasteiger charge is -2.32. The molecule has 2 aromatic carbocycles. The second-order valence-electron chi connectivity index (χ2n) is 7.92. The van der Waals surface area contributed by atoms with E-state index in [0.717, 1.165) is 31.5 Å². The smallest absolute Gasteiger partial charge is 0.157 e. The van der Waals surface area contributed by atoms with Crippen molar-refractivity contribution in [1.29, 1.82) is 5.26 Å². The van der Waals surface area contributed by atoms with E-state index in [4.69, 9.17) is 0 Å². The second kappa shape index (κ2) is 9.53. The molecule has 0 bridgehead atoms. The Morgan fingerprint density at radius 1 is 0.931 bits per heavy atom. The number of likely N-dealkylation sites (N-methyl/N-ethyl adjacent to an activating group) is 1. The van der Waals surface area contributed by atoms with E-state index >= 15 is 0 Å². The molecule has 156 valence electrons. The van der Waals surface area contributed by atoms with Crippen LogP contribution in [0.15, 0.2) is 36.4 Å². The van der Waals surface area contributed by atoms with Crippen molar-refractivity contribution < 1.29 is 20.4 Å². The summed E-state index contributed by atoms with van der Waals surface area (Å²) in [5.74, 6) is -0.593. The molecule has 0 radical (unpaired) electrons. The summed E-state index contributed by atoms with van der Waals surface area (Å²) in [6.07, 6.45) is 2.17. The van der Waals surface area contributed by atoms with Crippen LogP contribution >= 0.6 is 0 Å². The molecule has 1 unspecified atom stereocenters. The molecule has 0 heterocycles. The number of benzene rings is 2. The Kier molecular flexibility index (Phi) is 7.35. The van der Waals surface area contributed by atoms with Gasteiger partial charge in [-0.3, -0.25) is 0 Å². The number of hydrogen-bond acceptors (Lipinski definition) is 6. The molecule has 0 aliphatic rings. The maximum Gasteiger partial charge on any atom is 0.157 e. The molecule has 0 aliphatic heterocycles. The van der Waals surface area contributed by atoms with Gasteiger partial charge in [-0.1, -0.05) is 26.0 Å². The summed E-state index contributed by atoms with van der Waals surface area (Å²) in [6.45, 7) is 5.57. The molecule has 29 heavy (non-hydrogen) atoms. The summed E-state index contributed by atoms with van der Waals surface area (Å²) < 4.78 is 0. The number of phenols is 4. The average molecular weight is 399 g/mol. The Bertz CT molecular complexity index is 876. The van der Waals surface area contributed by atoms with Crippen molar-refractivity contribution in [1.82, 2.24) is 4.90 Å². The van der Waals surface area contributed by atoms with Crippen molar-refractivity contribution in [3.05, 3.63) is 47.5 Å². The van der Waals surface area contributed by atoms with Gasteiger partial charge in [0.15, 0.2) is 23.0 Å². The van der Waals surface area contributed by atoms with Gasteiger partial charge in [0, 0.05) is 6.54 Å². The van der Waals surface area contributed by atoms with Crippen LogP contribution in [0.1, 0.15) is 37.8 Å². The molecule has 0 amide bonds. The predicted molar refractivity (Wildman–Crippen MR) is 112 cm³/mol. The molecule has 6 heteroatoms. The summed E-state index contributed by atoms with van der Waals surface area (Å²) in [5, 5.41) is 48.4. The second-order valence-corrected chi connectivity index (χ2v) is 7.92. The number of aromatic hydroxyl groups is 4. The highest BCUT2D eigenvalue weighted by Crippen LogP contribution is 2.39. The van der Waals surface area contributed by atoms with Gasteiger partial charge >= 0.3 is 0 Å². The minimum atomic E-state index is -0.741. The lowest BCUT2D eigenvalue weighted by atomic mass is 9.69. The first kappa shape index (κ1) is 22.4. The van der Waals surface area contributed by atoms with Gasteiger partial charge < -0.3 is 25.3 Å². The van der Waals surface area contributed by atoms with E-state index in [2.05, 4.69) is 11.0 Å². The van der Waals surface area contributed by atoms with Gasteiger partial charge in [0.25, 0.3) is 0 Å². The van der Waals surface area contributed by atoms with Crippen molar-refractivity contribution in [2.24, 2.45) is 5.92 Å². The molecule has 4 N–H and O–H groups in total. The fraction of sp³-hybridized carbons (Fsp3) is 0.435. The Hall–Kier alpha value is -2.91. The zero-order valence-electron chi connectivity index (χ0n) is 17.3. The molecule has 1 atom stereocenters. The first-order chi connectivity index (χ1) is 13.7. The Balaban J connectivity index is 1.98. The molecule has 0 spiro atoms. The van der Waals surface area contributed by atoms with E-state index in [1.807, 2.05) is 20.9 Å². The van der Waals surface area contributed by atoms with Crippen LogP contribution in [0.5, 0.6) is 23.0 Å². The molecule has 0 saturated carbocycles. The maximum atomic E-state index is 9.97. The topological polar surface area (TPSA) is 108 Å². The van der Waals surface area contributed by atoms with Crippen molar-refractivity contribution in [2.75, 3.05) is 20.1 Å². The number of phenolic OH excluding ortho intramolecular Hbond substituents is 4. The van der Waals surface area contributed by atoms with Gasteiger partial charge in [0.1, 0.15) is 0 Å². The summed E-state index contributed by atoms with van der Waals surface area (Å²) in [6, 6.07) is 11.9. The van der Waals surface area contributed by atoms with Crippen LogP contribution in [-0.2, 0) is 11.8 Å². The van der Waals surface area contributed by atoms with E-state index < -0.39 is 5.41 Å². The van der Waals surface area contributed by atoms with Crippen molar-refractivity contribution >= 4 is 0 Å². The SMILES string of the molecule is CC(C)C(C#N)(CCCN(C)CCc1ccc(O)c(O)c1)c1ccc(O)c(O)c1. The minimum absolute atomic E-state index is 0.0433. The Morgan fingerprint density at radius 3 is 2.10 bits per heavy atom. The third kappa shape index (κ3) is 5.33. The van der Waals surface area contributed by atoms with Crippen LogP contribution in [-0.4, -0.2) is 45.5 Å². The lowest BCUT2D eigenvalue weighted by Crippen LogP contribution is -2.32. The highest BCUT2D eigenvalue weighted by Gasteiger charge is 2.36. The van der Waals surface area contributed by atoms with E-state index in [9.17, 15) is 25.7 Å². The normalized spacial score (nSPS) is 13.4. The predicted octanol–water partition coefficient (Wildman–Crippen LogP) is 3.88. The summed E-state index contributed by atoms with van der Waals surface area (Å²) in [4.78, 5) is 2.17. The number of nitrogens with zero attached hydrogens (tertiary/aromatic N) is 2. The Morgan fingerprint density at radius 2 is 1.55 bits per heavy atom. The van der Waals surface area contributed by atoms with Crippen LogP contribution in [0.25, 0.3) is 0 Å².